The summed E-state index contributed by atoms with van der Waals surface area (Å²) >= 11 is 1.75. The van der Waals surface area contributed by atoms with Gasteiger partial charge >= 0.3 is 0 Å². The van der Waals surface area contributed by atoms with E-state index in [1.165, 1.54) is 31.2 Å². The van der Waals surface area contributed by atoms with E-state index in [0.717, 1.165) is 6.54 Å². The van der Waals surface area contributed by atoms with Crippen LogP contribution < -0.4 is 5.32 Å². The molecule has 0 aliphatic heterocycles. The normalized spacial score (nSPS) is 19.0. The van der Waals surface area contributed by atoms with Crippen molar-refractivity contribution in [3.63, 3.8) is 0 Å². The molecule has 1 fully saturated rings. The van der Waals surface area contributed by atoms with E-state index >= 15 is 0 Å². The van der Waals surface area contributed by atoms with Crippen LogP contribution in [0.4, 0.5) is 0 Å². The van der Waals surface area contributed by atoms with Crippen LogP contribution in [0.25, 0.3) is 0 Å². The summed E-state index contributed by atoms with van der Waals surface area (Å²) in [5, 5.41) is 7.34. The largest absolute Gasteiger partial charge is 0.355 e. The van der Waals surface area contributed by atoms with Crippen LogP contribution in [0.3, 0.4) is 0 Å². The Balaban J connectivity index is 2.14. The van der Waals surface area contributed by atoms with Crippen molar-refractivity contribution >= 4 is 17.2 Å². The molecule has 0 saturated heterocycles. The van der Waals surface area contributed by atoms with E-state index in [2.05, 4.69) is 22.1 Å². The number of rotatable bonds is 3. The van der Waals surface area contributed by atoms with E-state index in [1.54, 1.807) is 18.3 Å². The molecule has 1 aromatic rings. The number of carbonyl (C=O) groups excluding carboxylic acids is 1. The molecule has 3 heteroatoms. The first kappa shape index (κ1) is 10.7. The highest BCUT2D eigenvalue weighted by atomic mass is 32.1. The lowest BCUT2D eigenvalue weighted by Gasteiger charge is -2.28. The summed E-state index contributed by atoms with van der Waals surface area (Å²) in [6.45, 7) is 2.40. The second-order valence-corrected chi connectivity index (χ2v) is 5.19. The van der Waals surface area contributed by atoms with E-state index in [9.17, 15) is 4.79 Å². The molecule has 2 nitrogen and oxygen atoms in total. The van der Waals surface area contributed by atoms with E-state index in [0.29, 0.717) is 0 Å². The molecule has 0 radical (unpaired) electrons. The first-order valence-electron chi connectivity index (χ1n) is 5.50. The molecular weight excluding hydrogens is 206 g/mol. The molecule has 1 aromatic heterocycles. The van der Waals surface area contributed by atoms with Gasteiger partial charge in [0, 0.05) is 18.9 Å². The Bertz CT molecular complexity index is 325. The number of thiophene rings is 1. The quantitative estimate of drug-likeness (QED) is 0.838. The average molecular weight is 223 g/mol. The zero-order valence-electron chi connectivity index (χ0n) is 9.08. The van der Waals surface area contributed by atoms with Crippen molar-refractivity contribution in [2.24, 2.45) is 0 Å². The van der Waals surface area contributed by atoms with E-state index in [-0.39, 0.29) is 11.3 Å². The molecule has 0 unspecified atom stereocenters. The number of nitrogens with one attached hydrogen (secondary N) is 1. The summed E-state index contributed by atoms with van der Waals surface area (Å²) in [6, 6.07) is 2.21. The molecule has 1 aliphatic rings. The van der Waals surface area contributed by atoms with Crippen LogP contribution in [0.5, 0.6) is 0 Å². The Morgan fingerprint density at radius 2 is 2.27 bits per heavy atom. The predicted molar refractivity (Wildman–Crippen MR) is 63.1 cm³/mol. The zero-order valence-corrected chi connectivity index (χ0v) is 9.90. The third-order valence-electron chi connectivity index (χ3n) is 3.37. The van der Waals surface area contributed by atoms with Crippen molar-refractivity contribution in [3.05, 3.63) is 22.4 Å². The fraction of sp³-hybridized carbons (Fsp3) is 0.583. The fourth-order valence-corrected chi connectivity index (χ4v) is 3.26. The maximum atomic E-state index is 11.0. The monoisotopic (exact) mass is 223 g/mol. The molecule has 1 aliphatic carbocycles. The standard InChI is InChI=1S/C12H17NOS/c1-10(14)13-9-12(5-2-3-6-12)11-4-7-15-8-11/h4,7-8H,2-3,5-6,9H2,1H3,(H,13,14). The lowest BCUT2D eigenvalue weighted by atomic mass is 9.80. The van der Waals surface area contributed by atoms with E-state index < -0.39 is 0 Å². The van der Waals surface area contributed by atoms with Crippen LogP contribution >= 0.6 is 11.3 Å². The minimum absolute atomic E-state index is 0.0801. The van der Waals surface area contributed by atoms with Crippen LogP contribution in [-0.2, 0) is 10.2 Å². The molecule has 15 heavy (non-hydrogen) atoms. The molecule has 1 amide bonds. The maximum absolute atomic E-state index is 11.0. The third kappa shape index (κ3) is 2.23. The molecule has 0 atom stereocenters. The summed E-state index contributed by atoms with van der Waals surface area (Å²) in [4.78, 5) is 11.0. The second kappa shape index (κ2) is 4.35. The van der Waals surface area contributed by atoms with E-state index in [1.807, 2.05) is 0 Å². The molecule has 0 aromatic carbocycles. The van der Waals surface area contributed by atoms with Crippen molar-refractivity contribution in [2.75, 3.05) is 6.54 Å². The van der Waals surface area contributed by atoms with Gasteiger partial charge in [0.25, 0.3) is 0 Å². The summed E-state index contributed by atoms with van der Waals surface area (Å²) in [6.07, 6.45) is 5.00. The Labute approximate surface area is 94.7 Å². The van der Waals surface area contributed by atoms with Gasteiger partial charge in [-0.3, -0.25) is 4.79 Å². The van der Waals surface area contributed by atoms with Gasteiger partial charge in [0.15, 0.2) is 0 Å². The Hall–Kier alpha value is -0.830. The minimum atomic E-state index is 0.0801. The van der Waals surface area contributed by atoms with Crippen molar-refractivity contribution < 1.29 is 4.79 Å². The Morgan fingerprint density at radius 3 is 2.80 bits per heavy atom. The van der Waals surface area contributed by atoms with Gasteiger partial charge < -0.3 is 5.32 Å². The molecule has 0 spiro atoms. The summed E-state index contributed by atoms with van der Waals surface area (Å²) in [5.41, 5.74) is 1.64. The lowest BCUT2D eigenvalue weighted by Crippen LogP contribution is -2.37. The van der Waals surface area contributed by atoms with Crippen LogP contribution in [-0.4, -0.2) is 12.5 Å². The molecule has 1 saturated carbocycles. The third-order valence-corrected chi connectivity index (χ3v) is 4.05. The molecular formula is C12H17NOS. The van der Waals surface area contributed by atoms with Gasteiger partial charge in [-0.25, -0.2) is 0 Å². The predicted octanol–water partition coefficient (Wildman–Crippen LogP) is 2.70. The first-order chi connectivity index (χ1) is 7.23. The van der Waals surface area contributed by atoms with Gasteiger partial charge in [0.05, 0.1) is 0 Å². The van der Waals surface area contributed by atoms with Crippen molar-refractivity contribution in [1.82, 2.24) is 5.32 Å². The van der Waals surface area contributed by atoms with Crippen molar-refractivity contribution in [1.29, 1.82) is 0 Å². The number of carbonyl (C=O) groups is 1. The summed E-state index contributed by atoms with van der Waals surface area (Å²) in [5.74, 6) is 0.0801. The maximum Gasteiger partial charge on any atom is 0.216 e. The Kier molecular flexibility index (Phi) is 3.10. The second-order valence-electron chi connectivity index (χ2n) is 4.41. The van der Waals surface area contributed by atoms with E-state index in [4.69, 9.17) is 0 Å². The SMILES string of the molecule is CC(=O)NCC1(c2ccsc2)CCCC1. The minimum Gasteiger partial charge on any atom is -0.355 e. The smallest absolute Gasteiger partial charge is 0.216 e. The topological polar surface area (TPSA) is 29.1 Å². The highest BCUT2D eigenvalue weighted by molar-refractivity contribution is 7.08. The highest BCUT2D eigenvalue weighted by Crippen LogP contribution is 2.41. The first-order valence-corrected chi connectivity index (χ1v) is 6.44. The average Bonchev–Trinajstić information content (AvgIpc) is 2.86. The number of amides is 1. The number of hydrogen-bond donors (Lipinski definition) is 1. The van der Waals surface area contributed by atoms with Gasteiger partial charge in [-0.2, -0.15) is 11.3 Å². The van der Waals surface area contributed by atoms with Crippen LogP contribution in [0, 0.1) is 0 Å². The van der Waals surface area contributed by atoms with Gasteiger partial charge in [-0.1, -0.05) is 12.8 Å². The molecule has 2 rings (SSSR count). The number of hydrogen-bond acceptors (Lipinski definition) is 2. The van der Waals surface area contributed by atoms with Crippen molar-refractivity contribution in [3.8, 4) is 0 Å². The lowest BCUT2D eigenvalue weighted by molar-refractivity contribution is -0.119. The van der Waals surface area contributed by atoms with Crippen LogP contribution in [0.1, 0.15) is 38.2 Å². The zero-order chi connectivity index (χ0) is 10.7. The van der Waals surface area contributed by atoms with Gasteiger partial charge in [0.1, 0.15) is 0 Å². The van der Waals surface area contributed by atoms with Gasteiger partial charge in [0.2, 0.25) is 5.91 Å². The fourth-order valence-electron chi connectivity index (χ4n) is 2.48. The van der Waals surface area contributed by atoms with Crippen molar-refractivity contribution in [2.45, 2.75) is 38.0 Å². The summed E-state index contributed by atoms with van der Waals surface area (Å²) < 4.78 is 0. The van der Waals surface area contributed by atoms with Gasteiger partial charge in [-0.15, -0.1) is 0 Å². The highest BCUT2D eigenvalue weighted by Gasteiger charge is 2.35. The molecule has 82 valence electrons. The molecule has 1 heterocycles. The molecule has 1 N–H and O–H groups in total. The van der Waals surface area contributed by atoms with Crippen LogP contribution in [0.15, 0.2) is 16.8 Å². The van der Waals surface area contributed by atoms with Gasteiger partial charge in [-0.05, 0) is 35.2 Å². The molecule has 0 bridgehead atoms. The van der Waals surface area contributed by atoms with Crippen LogP contribution in [0.2, 0.25) is 0 Å². The summed E-state index contributed by atoms with van der Waals surface area (Å²) in [7, 11) is 0. The Morgan fingerprint density at radius 1 is 1.53 bits per heavy atom.